The number of carbonyl (C=O) groups excluding carboxylic acids is 1. The summed E-state index contributed by atoms with van der Waals surface area (Å²) in [7, 11) is -1.49. The molecule has 0 spiro atoms. The van der Waals surface area contributed by atoms with Gasteiger partial charge in [-0.3, -0.25) is 4.79 Å². The number of sulfone groups is 1. The van der Waals surface area contributed by atoms with Gasteiger partial charge in [0, 0.05) is 12.1 Å². The van der Waals surface area contributed by atoms with E-state index in [1.165, 1.54) is 18.2 Å². The maximum atomic E-state index is 13.4. The quantitative estimate of drug-likeness (QED) is 0.557. The summed E-state index contributed by atoms with van der Waals surface area (Å²) < 4.78 is 31.2. The Morgan fingerprint density at radius 3 is 2.69 bits per heavy atom. The van der Waals surface area contributed by atoms with Gasteiger partial charge in [0.2, 0.25) is 11.1 Å². The molecule has 11 heteroatoms. The second kappa shape index (κ2) is 9.78. The van der Waals surface area contributed by atoms with Crippen LogP contribution in [0.25, 0.3) is 5.69 Å². The zero-order valence-corrected chi connectivity index (χ0v) is 20.1. The van der Waals surface area contributed by atoms with Crippen molar-refractivity contribution in [3.63, 3.8) is 0 Å². The molecule has 4 rings (SSSR count). The molecule has 1 aromatic heterocycles. The third-order valence-corrected chi connectivity index (χ3v) is 8.84. The van der Waals surface area contributed by atoms with Crippen molar-refractivity contribution in [1.82, 2.24) is 25.1 Å². The van der Waals surface area contributed by atoms with Crippen LogP contribution in [-0.4, -0.2) is 75.9 Å². The van der Waals surface area contributed by atoms with E-state index in [-0.39, 0.29) is 35.2 Å². The van der Waals surface area contributed by atoms with Crippen molar-refractivity contribution < 1.29 is 17.9 Å². The Morgan fingerprint density at radius 1 is 1.22 bits per heavy atom. The molecule has 2 fully saturated rings. The van der Waals surface area contributed by atoms with Gasteiger partial charge in [-0.25, -0.2) is 8.42 Å². The molecule has 2 heterocycles. The van der Waals surface area contributed by atoms with E-state index >= 15 is 0 Å². The number of methoxy groups -OCH3 is 1. The topological polar surface area (TPSA) is 107 Å². The highest BCUT2D eigenvalue weighted by molar-refractivity contribution is 7.99. The van der Waals surface area contributed by atoms with Crippen LogP contribution < -0.4 is 4.74 Å². The number of amides is 1. The molecule has 0 bridgehead atoms. The van der Waals surface area contributed by atoms with E-state index in [2.05, 4.69) is 15.5 Å². The van der Waals surface area contributed by atoms with Crippen LogP contribution in [-0.2, 0) is 14.6 Å². The van der Waals surface area contributed by atoms with Gasteiger partial charge in [0.1, 0.15) is 11.4 Å². The van der Waals surface area contributed by atoms with E-state index in [4.69, 9.17) is 4.74 Å². The maximum Gasteiger partial charge on any atom is 0.233 e. The van der Waals surface area contributed by atoms with Gasteiger partial charge in [0.15, 0.2) is 9.84 Å². The van der Waals surface area contributed by atoms with Crippen molar-refractivity contribution in [3.8, 4) is 11.4 Å². The average Bonchev–Trinajstić information content (AvgIpc) is 3.39. The number of aromatic nitrogens is 4. The Labute approximate surface area is 192 Å². The summed E-state index contributed by atoms with van der Waals surface area (Å²) in [5.41, 5.74) is 1.74. The summed E-state index contributed by atoms with van der Waals surface area (Å²) in [5.74, 6) is 0.970. The van der Waals surface area contributed by atoms with E-state index in [0.29, 0.717) is 23.0 Å². The number of thioether (sulfide) groups is 1. The summed E-state index contributed by atoms with van der Waals surface area (Å²) in [4.78, 5) is 15.2. The predicted molar refractivity (Wildman–Crippen MR) is 122 cm³/mol. The summed E-state index contributed by atoms with van der Waals surface area (Å²) in [6.45, 7) is 1.97. The Morgan fingerprint density at radius 2 is 2.00 bits per heavy atom. The average molecular weight is 480 g/mol. The Kier molecular flexibility index (Phi) is 7.04. The number of tetrazole rings is 1. The van der Waals surface area contributed by atoms with Crippen molar-refractivity contribution in [3.05, 3.63) is 23.8 Å². The lowest BCUT2D eigenvalue weighted by molar-refractivity contribution is -0.133. The molecule has 2 aliphatic rings. The van der Waals surface area contributed by atoms with Crippen molar-refractivity contribution in [2.24, 2.45) is 0 Å². The van der Waals surface area contributed by atoms with Crippen molar-refractivity contribution >= 4 is 27.5 Å². The first kappa shape index (κ1) is 23.0. The molecule has 1 atom stereocenters. The Hall–Kier alpha value is -2.14. The molecule has 1 aliphatic heterocycles. The fourth-order valence-electron chi connectivity index (χ4n) is 4.65. The third-order valence-electron chi connectivity index (χ3n) is 6.19. The standard InChI is InChI=1S/C21H29N5O4S2/c1-15-8-9-19(30-2)18(12-15)26-21(22-23-24-26)31-13-20(27)25(16-6-4-3-5-7-16)17-10-11-32(28,29)14-17/h8-9,12,16-17H,3-7,10-11,13-14H2,1-2H3. The number of carbonyl (C=O) groups is 1. The minimum atomic E-state index is -3.08. The molecular weight excluding hydrogens is 450 g/mol. The molecule has 9 nitrogen and oxygen atoms in total. The number of hydrogen-bond acceptors (Lipinski definition) is 8. The highest BCUT2D eigenvalue weighted by Crippen LogP contribution is 2.31. The van der Waals surface area contributed by atoms with Gasteiger partial charge < -0.3 is 9.64 Å². The number of ether oxygens (including phenoxy) is 1. The molecule has 1 aliphatic carbocycles. The molecule has 1 saturated carbocycles. The molecule has 1 saturated heterocycles. The van der Waals surface area contributed by atoms with E-state index < -0.39 is 9.84 Å². The molecule has 2 aromatic rings. The van der Waals surface area contributed by atoms with Crippen LogP contribution in [0.3, 0.4) is 0 Å². The zero-order chi connectivity index (χ0) is 22.7. The normalized spacial score (nSPS) is 20.9. The summed E-state index contributed by atoms with van der Waals surface area (Å²) in [6.07, 6.45) is 5.71. The predicted octanol–water partition coefficient (Wildman–Crippen LogP) is 2.42. The Bertz CT molecular complexity index is 1070. The van der Waals surface area contributed by atoms with Gasteiger partial charge in [-0.1, -0.05) is 37.1 Å². The minimum Gasteiger partial charge on any atom is -0.494 e. The van der Waals surface area contributed by atoms with Crippen LogP contribution in [0.4, 0.5) is 0 Å². The van der Waals surface area contributed by atoms with Crippen molar-refractivity contribution in [2.75, 3.05) is 24.4 Å². The van der Waals surface area contributed by atoms with Crippen LogP contribution >= 0.6 is 11.8 Å². The third kappa shape index (κ3) is 5.09. The van der Waals surface area contributed by atoms with Crippen molar-refractivity contribution in [1.29, 1.82) is 0 Å². The van der Waals surface area contributed by atoms with Gasteiger partial charge >= 0.3 is 0 Å². The SMILES string of the molecule is COc1ccc(C)cc1-n1nnnc1SCC(=O)N(C1CCCCC1)C1CCS(=O)(=O)C1. The summed E-state index contributed by atoms with van der Waals surface area (Å²) in [5, 5.41) is 12.5. The lowest BCUT2D eigenvalue weighted by Crippen LogP contribution is -2.49. The molecule has 32 heavy (non-hydrogen) atoms. The summed E-state index contributed by atoms with van der Waals surface area (Å²) in [6, 6.07) is 5.61. The van der Waals surface area contributed by atoms with E-state index in [0.717, 1.165) is 31.2 Å². The van der Waals surface area contributed by atoms with E-state index in [1.54, 1.807) is 11.8 Å². The van der Waals surface area contributed by atoms with Gasteiger partial charge in [0.05, 0.1) is 24.4 Å². The highest BCUT2D eigenvalue weighted by Gasteiger charge is 2.38. The van der Waals surface area contributed by atoms with E-state index in [9.17, 15) is 13.2 Å². The van der Waals surface area contributed by atoms with Crippen LogP contribution in [0.2, 0.25) is 0 Å². The fraction of sp³-hybridized carbons (Fsp3) is 0.619. The first-order valence-electron chi connectivity index (χ1n) is 11.0. The molecule has 0 N–H and O–H groups in total. The molecule has 1 unspecified atom stereocenters. The number of benzene rings is 1. The smallest absolute Gasteiger partial charge is 0.233 e. The van der Waals surface area contributed by atoms with Crippen LogP contribution in [0, 0.1) is 6.92 Å². The zero-order valence-electron chi connectivity index (χ0n) is 18.4. The van der Waals surface area contributed by atoms with Crippen LogP contribution in [0.1, 0.15) is 44.1 Å². The van der Waals surface area contributed by atoms with E-state index in [1.807, 2.05) is 30.0 Å². The van der Waals surface area contributed by atoms with Crippen LogP contribution in [0.15, 0.2) is 23.4 Å². The number of hydrogen-bond donors (Lipinski definition) is 0. The van der Waals surface area contributed by atoms with Gasteiger partial charge in [-0.2, -0.15) is 4.68 Å². The van der Waals surface area contributed by atoms with Crippen molar-refractivity contribution in [2.45, 2.75) is 62.7 Å². The number of rotatable bonds is 7. The first-order valence-corrected chi connectivity index (χ1v) is 13.8. The van der Waals surface area contributed by atoms with Gasteiger partial charge in [-0.05, 0) is 54.3 Å². The first-order chi connectivity index (χ1) is 15.4. The second-order valence-corrected chi connectivity index (χ2v) is 11.7. The van der Waals surface area contributed by atoms with Gasteiger partial charge in [-0.15, -0.1) is 5.10 Å². The molecule has 1 aromatic carbocycles. The largest absolute Gasteiger partial charge is 0.494 e. The number of nitrogens with zero attached hydrogens (tertiary/aromatic N) is 5. The van der Waals surface area contributed by atoms with Crippen LogP contribution in [0.5, 0.6) is 5.75 Å². The molecule has 174 valence electrons. The molecule has 1 amide bonds. The minimum absolute atomic E-state index is 0.0465. The summed E-state index contributed by atoms with van der Waals surface area (Å²) >= 11 is 1.26. The Balaban J connectivity index is 1.52. The lowest BCUT2D eigenvalue weighted by atomic mass is 9.93. The maximum absolute atomic E-state index is 13.4. The molecular formula is C21H29N5O4S2. The highest BCUT2D eigenvalue weighted by atomic mass is 32.2. The lowest BCUT2D eigenvalue weighted by Gasteiger charge is -2.38. The molecule has 0 radical (unpaired) electrons. The van der Waals surface area contributed by atoms with Gasteiger partial charge in [0.25, 0.3) is 0 Å². The fourth-order valence-corrected chi connectivity index (χ4v) is 7.11. The monoisotopic (exact) mass is 479 g/mol. The number of aryl methyl sites for hydroxylation is 1. The second-order valence-electron chi connectivity index (χ2n) is 8.49.